The molecule has 0 unspecified atom stereocenters. The lowest BCUT2D eigenvalue weighted by Gasteiger charge is -2.15. The van der Waals surface area contributed by atoms with Crippen LogP contribution in [-0.4, -0.2) is 36.8 Å². The largest absolute Gasteiger partial charge is 0.507 e. The molecule has 0 heterocycles. The smallest absolute Gasteiger partial charge is 0.295 e. The van der Waals surface area contributed by atoms with Gasteiger partial charge in [-0.1, -0.05) is 30.3 Å². The molecule has 0 fully saturated rings. The maximum absolute atomic E-state index is 12.9. The summed E-state index contributed by atoms with van der Waals surface area (Å²) in [5.41, 5.74) is 5.37. The Morgan fingerprint density at radius 2 is 1.50 bits per heavy atom. The normalized spacial score (nSPS) is 12.2. The molecule has 28 heavy (non-hydrogen) atoms. The van der Waals surface area contributed by atoms with Gasteiger partial charge in [-0.15, -0.1) is 0 Å². The summed E-state index contributed by atoms with van der Waals surface area (Å²) in [4.78, 5) is 11.2. The highest BCUT2D eigenvalue weighted by Crippen LogP contribution is 2.39. The summed E-state index contributed by atoms with van der Waals surface area (Å²) in [5, 5.41) is 9.47. The summed E-state index contributed by atoms with van der Waals surface area (Å²) in [6.45, 7) is 0. The molecule has 0 amide bonds. The summed E-state index contributed by atoms with van der Waals surface area (Å²) in [6.07, 6.45) is 0. The molecule has 0 aliphatic heterocycles. The number of aromatic hydroxyl groups is 1. The highest BCUT2D eigenvalue weighted by Gasteiger charge is 2.27. The number of hydrogen-bond acceptors (Lipinski definition) is 7. The first-order chi connectivity index (χ1) is 12.9. The standard InChI is InChI=1S/C17H13NO8S2/c18-12-8-14(28(24,25)26)11-6-10(27(21,22)23)7-13(19)15(11)16(12)17(20)9-4-2-1-3-5-9/h1-8,19H,18H2,(H,21,22,23)(H,24,25,26). The Labute approximate surface area is 159 Å². The minimum absolute atomic E-state index is 0.174. The number of phenols is 1. The van der Waals surface area contributed by atoms with Crippen molar-refractivity contribution >= 4 is 42.5 Å². The number of carbonyl (C=O) groups is 1. The molecule has 0 spiro atoms. The topological polar surface area (TPSA) is 172 Å². The van der Waals surface area contributed by atoms with Crippen LogP contribution in [0.1, 0.15) is 15.9 Å². The highest BCUT2D eigenvalue weighted by molar-refractivity contribution is 7.86. The monoisotopic (exact) mass is 423 g/mol. The molecule has 3 rings (SSSR count). The van der Waals surface area contributed by atoms with Gasteiger partial charge >= 0.3 is 0 Å². The minimum Gasteiger partial charge on any atom is -0.507 e. The van der Waals surface area contributed by atoms with Gasteiger partial charge in [0.2, 0.25) is 0 Å². The zero-order valence-corrected chi connectivity index (χ0v) is 15.5. The van der Waals surface area contributed by atoms with Gasteiger partial charge in [-0.25, -0.2) is 0 Å². The third-order valence-electron chi connectivity index (χ3n) is 4.02. The second-order valence-electron chi connectivity index (χ2n) is 5.85. The molecule has 0 radical (unpaired) electrons. The van der Waals surface area contributed by atoms with E-state index in [9.17, 15) is 35.8 Å². The Kier molecular flexibility index (Phi) is 4.63. The van der Waals surface area contributed by atoms with Gasteiger partial charge in [-0.2, -0.15) is 16.8 Å². The second kappa shape index (κ2) is 6.56. The van der Waals surface area contributed by atoms with E-state index in [1.165, 1.54) is 12.1 Å². The summed E-state index contributed by atoms with van der Waals surface area (Å²) >= 11 is 0. The van der Waals surface area contributed by atoms with Crippen LogP contribution in [0.4, 0.5) is 5.69 Å². The number of fused-ring (bicyclic) bond motifs is 1. The first-order valence-electron chi connectivity index (χ1n) is 7.55. The molecular formula is C17H13NO8S2. The number of ketones is 1. The lowest BCUT2D eigenvalue weighted by molar-refractivity contribution is 0.104. The fourth-order valence-electron chi connectivity index (χ4n) is 2.83. The van der Waals surface area contributed by atoms with E-state index in [4.69, 9.17) is 5.73 Å². The number of rotatable bonds is 4. The van der Waals surface area contributed by atoms with E-state index in [1.54, 1.807) is 18.2 Å². The quantitative estimate of drug-likeness (QED) is 0.277. The van der Waals surface area contributed by atoms with Gasteiger partial charge in [0.25, 0.3) is 20.2 Å². The van der Waals surface area contributed by atoms with Gasteiger partial charge in [0.05, 0.1) is 10.5 Å². The average molecular weight is 423 g/mol. The zero-order valence-electron chi connectivity index (χ0n) is 13.9. The SMILES string of the molecule is Nc1cc(S(=O)(=O)O)c2cc(S(=O)(=O)O)cc(O)c2c1C(=O)c1ccccc1. The van der Waals surface area contributed by atoms with Gasteiger partial charge in [0, 0.05) is 28.1 Å². The van der Waals surface area contributed by atoms with Crippen LogP contribution in [0.3, 0.4) is 0 Å². The molecule has 11 heteroatoms. The third-order valence-corrected chi connectivity index (χ3v) is 5.75. The van der Waals surface area contributed by atoms with Crippen molar-refractivity contribution in [3.8, 4) is 5.75 Å². The molecule has 0 aromatic heterocycles. The van der Waals surface area contributed by atoms with Crippen LogP contribution in [0.2, 0.25) is 0 Å². The van der Waals surface area contributed by atoms with Crippen LogP contribution < -0.4 is 5.73 Å². The summed E-state index contributed by atoms with van der Waals surface area (Å²) in [5.74, 6) is -1.48. The summed E-state index contributed by atoms with van der Waals surface area (Å²) < 4.78 is 65.1. The van der Waals surface area contributed by atoms with Crippen LogP contribution in [-0.2, 0) is 20.2 Å². The Morgan fingerprint density at radius 3 is 2.04 bits per heavy atom. The molecule has 0 saturated carbocycles. The van der Waals surface area contributed by atoms with Crippen LogP contribution >= 0.6 is 0 Å². The van der Waals surface area contributed by atoms with E-state index in [1.807, 2.05) is 0 Å². The zero-order chi connectivity index (χ0) is 20.9. The predicted octanol–water partition coefficient (Wildman–Crippen LogP) is 1.85. The van der Waals surface area contributed by atoms with E-state index in [2.05, 4.69) is 0 Å². The lowest BCUT2D eigenvalue weighted by atomic mass is 9.95. The van der Waals surface area contributed by atoms with E-state index in [-0.39, 0.29) is 22.2 Å². The Balaban J connectivity index is 2.51. The van der Waals surface area contributed by atoms with Gasteiger partial charge in [-0.3, -0.25) is 13.9 Å². The first-order valence-corrected chi connectivity index (χ1v) is 10.4. The summed E-state index contributed by atoms with van der Waals surface area (Å²) in [7, 11) is -9.74. The van der Waals surface area contributed by atoms with Crippen molar-refractivity contribution in [2.45, 2.75) is 9.79 Å². The maximum atomic E-state index is 12.9. The van der Waals surface area contributed by atoms with Crippen molar-refractivity contribution in [3.63, 3.8) is 0 Å². The lowest BCUT2D eigenvalue weighted by Crippen LogP contribution is -2.10. The van der Waals surface area contributed by atoms with Gasteiger partial charge in [0.1, 0.15) is 10.6 Å². The van der Waals surface area contributed by atoms with E-state index >= 15 is 0 Å². The number of nitrogen functional groups attached to an aromatic ring is 1. The maximum Gasteiger partial charge on any atom is 0.295 e. The Hall–Kier alpha value is -2.99. The van der Waals surface area contributed by atoms with Gasteiger partial charge < -0.3 is 10.8 Å². The van der Waals surface area contributed by atoms with Crippen molar-refractivity contribution in [2.75, 3.05) is 5.73 Å². The van der Waals surface area contributed by atoms with Gasteiger partial charge in [0.15, 0.2) is 5.78 Å². The van der Waals surface area contributed by atoms with Crippen molar-refractivity contribution < 1.29 is 35.8 Å². The van der Waals surface area contributed by atoms with Crippen LogP contribution in [0, 0.1) is 0 Å². The Morgan fingerprint density at radius 1 is 0.893 bits per heavy atom. The highest BCUT2D eigenvalue weighted by atomic mass is 32.2. The molecule has 0 saturated heterocycles. The number of benzene rings is 3. The Bertz CT molecular complexity index is 1330. The fourth-order valence-corrected chi connectivity index (χ4v) is 4.08. The molecule has 5 N–H and O–H groups in total. The molecule has 3 aromatic carbocycles. The van der Waals surface area contributed by atoms with Gasteiger partial charge in [-0.05, 0) is 12.1 Å². The van der Waals surface area contributed by atoms with Crippen molar-refractivity contribution in [2.24, 2.45) is 0 Å². The van der Waals surface area contributed by atoms with Crippen molar-refractivity contribution in [3.05, 3.63) is 59.7 Å². The number of hydrogen-bond donors (Lipinski definition) is 4. The van der Waals surface area contributed by atoms with E-state index < -0.39 is 46.9 Å². The summed E-state index contributed by atoms with van der Waals surface area (Å²) in [6, 6.07) is 9.89. The molecule has 9 nitrogen and oxygen atoms in total. The number of anilines is 1. The minimum atomic E-state index is -4.92. The molecular weight excluding hydrogens is 410 g/mol. The molecule has 0 aliphatic carbocycles. The number of nitrogens with two attached hydrogens (primary N) is 1. The molecule has 146 valence electrons. The van der Waals surface area contributed by atoms with Crippen molar-refractivity contribution in [1.82, 2.24) is 0 Å². The molecule has 0 atom stereocenters. The van der Waals surface area contributed by atoms with Crippen LogP contribution in [0.5, 0.6) is 5.75 Å². The van der Waals surface area contributed by atoms with Crippen LogP contribution in [0.25, 0.3) is 10.8 Å². The second-order valence-corrected chi connectivity index (χ2v) is 8.66. The fraction of sp³-hybridized carbons (Fsp3) is 0. The molecule has 3 aromatic rings. The molecule has 0 aliphatic rings. The van der Waals surface area contributed by atoms with Crippen molar-refractivity contribution in [1.29, 1.82) is 0 Å². The van der Waals surface area contributed by atoms with Crippen LogP contribution in [0.15, 0.2) is 58.3 Å². The van der Waals surface area contributed by atoms with E-state index in [0.29, 0.717) is 12.1 Å². The molecule has 0 bridgehead atoms. The van der Waals surface area contributed by atoms with E-state index in [0.717, 1.165) is 6.07 Å². The third kappa shape index (κ3) is 3.43. The first kappa shape index (κ1) is 19.8. The number of phenolic OH excluding ortho intramolecular Hbond substituents is 1. The number of carbonyl (C=O) groups excluding carboxylic acids is 1. The predicted molar refractivity (Wildman–Crippen MR) is 99.5 cm³/mol. The average Bonchev–Trinajstić information content (AvgIpc) is 2.60.